The van der Waals surface area contributed by atoms with Gasteiger partial charge in [0.1, 0.15) is 0 Å². The first kappa shape index (κ1) is 18.0. The number of rotatable bonds is 5. The summed E-state index contributed by atoms with van der Waals surface area (Å²) in [4.78, 5) is 23.8. The molecule has 2 aromatic rings. The predicted octanol–water partition coefficient (Wildman–Crippen LogP) is 3.72. The molecule has 2 aromatic carbocycles. The van der Waals surface area contributed by atoms with Crippen molar-refractivity contribution >= 4 is 29.4 Å². The summed E-state index contributed by atoms with van der Waals surface area (Å²) in [6.07, 6.45) is 2.37. The molecule has 0 fully saturated rings. The summed E-state index contributed by atoms with van der Waals surface area (Å²) in [5.41, 5.74) is 3.15. The van der Waals surface area contributed by atoms with Crippen LogP contribution in [0.2, 0.25) is 5.02 Å². The summed E-state index contributed by atoms with van der Waals surface area (Å²) in [5.74, 6) is 0.115. The molecule has 1 aliphatic rings. The van der Waals surface area contributed by atoms with E-state index < -0.39 is 5.97 Å². The third-order valence-corrected chi connectivity index (χ3v) is 4.37. The van der Waals surface area contributed by atoms with Crippen molar-refractivity contribution in [3.63, 3.8) is 0 Å². The molecule has 0 aliphatic heterocycles. The number of fused-ring (bicyclic) bond motifs is 1. The zero-order chi connectivity index (χ0) is 18.7. The van der Waals surface area contributed by atoms with E-state index in [1.165, 1.54) is 14.2 Å². The number of ether oxygens (including phenoxy) is 3. The zero-order valence-corrected chi connectivity index (χ0v) is 15.1. The van der Waals surface area contributed by atoms with Crippen LogP contribution < -0.4 is 9.47 Å². The summed E-state index contributed by atoms with van der Waals surface area (Å²) in [7, 11) is 2.75. The van der Waals surface area contributed by atoms with Gasteiger partial charge in [0.15, 0.2) is 23.9 Å². The molecular weight excluding hydrogens is 356 g/mol. The van der Waals surface area contributed by atoms with Gasteiger partial charge in [-0.05, 0) is 29.3 Å². The number of hydrogen-bond acceptors (Lipinski definition) is 5. The molecule has 0 spiro atoms. The van der Waals surface area contributed by atoms with E-state index >= 15 is 0 Å². The van der Waals surface area contributed by atoms with Crippen molar-refractivity contribution in [2.45, 2.75) is 6.42 Å². The van der Waals surface area contributed by atoms with Gasteiger partial charge in [0.05, 0.1) is 19.2 Å². The SMILES string of the molecule is COC(=O)COc1c(Cl)cc(/C=C2\Cc3ccccc3C2=O)cc1OC. The molecule has 0 amide bonds. The first-order valence-electron chi connectivity index (χ1n) is 7.93. The quantitative estimate of drug-likeness (QED) is 0.591. The fourth-order valence-electron chi connectivity index (χ4n) is 2.83. The van der Waals surface area contributed by atoms with Crippen LogP contribution in [0.25, 0.3) is 6.08 Å². The van der Waals surface area contributed by atoms with E-state index in [9.17, 15) is 9.59 Å². The van der Waals surface area contributed by atoms with E-state index in [-0.39, 0.29) is 23.2 Å². The Bertz CT molecular complexity index is 901. The number of esters is 1. The van der Waals surface area contributed by atoms with Gasteiger partial charge in [-0.1, -0.05) is 35.9 Å². The number of allylic oxidation sites excluding steroid dienone is 1. The first-order chi connectivity index (χ1) is 12.5. The van der Waals surface area contributed by atoms with E-state index in [1.807, 2.05) is 24.3 Å². The van der Waals surface area contributed by atoms with Crippen LogP contribution in [0.1, 0.15) is 21.5 Å². The average molecular weight is 373 g/mol. The summed E-state index contributed by atoms with van der Waals surface area (Å²) < 4.78 is 15.2. The average Bonchev–Trinajstić information content (AvgIpc) is 2.96. The highest BCUT2D eigenvalue weighted by atomic mass is 35.5. The van der Waals surface area contributed by atoms with E-state index in [0.29, 0.717) is 23.3 Å². The zero-order valence-electron chi connectivity index (χ0n) is 14.4. The number of carbonyl (C=O) groups excluding carboxylic acids is 2. The van der Waals surface area contributed by atoms with Crippen molar-refractivity contribution in [3.8, 4) is 11.5 Å². The Morgan fingerprint density at radius 2 is 2.00 bits per heavy atom. The van der Waals surface area contributed by atoms with Crippen LogP contribution in [0.5, 0.6) is 11.5 Å². The Labute approximate surface area is 156 Å². The molecule has 0 unspecified atom stereocenters. The van der Waals surface area contributed by atoms with Gasteiger partial charge >= 0.3 is 5.97 Å². The second kappa shape index (κ2) is 7.62. The minimum Gasteiger partial charge on any atom is -0.493 e. The maximum Gasteiger partial charge on any atom is 0.343 e. The topological polar surface area (TPSA) is 61.8 Å². The van der Waals surface area contributed by atoms with Crippen molar-refractivity contribution in [2.24, 2.45) is 0 Å². The molecule has 5 nitrogen and oxygen atoms in total. The van der Waals surface area contributed by atoms with Crippen LogP contribution in [-0.2, 0) is 16.0 Å². The Morgan fingerprint density at radius 1 is 1.23 bits per heavy atom. The van der Waals surface area contributed by atoms with Gasteiger partial charge in [-0.3, -0.25) is 4.79 Å². The maximum atomic E-state index is 12.5. The predicted molar refractivity (Wildman–Crippen MR) is 98.0 cm³/mol. The lowest BCUT2D eigenvalue weighted by Crippen LogP contribution is -2.13. The van der Waals surface area contributed by atoms with Crippen molar-refractivity contribution in [1.82, 2.24) is 0 Å². The minimum absolute atomic E-state index is 0.0155. The molecule has 134 valence electrons. The highest BCUT2D eigenvalue weighted by Gasteiger charge is 2.24. The van der Waals surface area contributed by atoms with Gasteiger partial charge in [0, 0.05) is 17.6 Å². The fraction of sp³-hybridized carbons (Fsp3) is 0.200. The molecule has 0 aromatic heterocycles. The lowest BCUT2D eigenvalue weighted by Gasteiger charge is -2.12. The smallest absolute Gasteiger partial charge is 0.343 e. The van der Waals surface area contributed by atoms with E-state index in [4.69, 9.17) is 21.1 Å². The second-order valence-corrected chi connectivity index (χ2v) is 6.14. The fourth-order valence-corrected chi connectivity index (χ4v) is 3.10. The van der Waals surface area contributed by atoms with Crippen molar-refractivity contribution in [2.75, 3.05) is 20.8 Å². The standard InChI is InChI=1S/C20H17ClO5/c1-24-17-9-12(8-16(21)20(17)26-11-18(22)25-2)7-14-10-13-5-3-4-6-15(13)19(14)23/h3-9H,10-11H2,1-2H3/b14-7+. The van der Waals surface area contributed by atoms with E-state index in [1.54, 1.807) is 18.2 Å². The van der Waals surface area contributed by atoms with Crippen molar-refractivity contribution in [1.29, 1.82) is 0 Å². The molecule has 3 rings (SSSR count). The van der Waals surface area contributed by atoms with Crippen LogP contribution in [0.4, 0.5) is 0 Å². The van der Waals surface area contributed by atoms with Crippen LogP contribution in [0.3, 0.4) is 0 Å². The van der Waals surface area contributed by atoms with Gasteiger partial charge in [-0.15, -0.1) is 0 Å². The van der Waals surface area contributed by atoms with Crippen LogP contribution in [0, 0.1) is 0 Å². The van der Waals surface area contributed by atoms with Crippen LogP contribution in [-0.4, -0.2) is 32.6 Å². The number of hydrogen-bond donors (Lipinski definition) is 0. The van der Waals surface area contributed by atoms with Gasteiger partial charge < -0.3 is 14.2 Å². The van der Waals surface area contributed by atoms with E-state index in [2.05, 4.69) is 4.74 Å². The molecule has 26 heavy (non-hydrogen) atoms. The molecule has 0 saturated carbocycles. The largest absolute Gasteiger partial charge is 0.493 e. The lowest BCUT2D eigenvalue weighted by atomic mass is 10.1. The summed E-state index contributed by atoms with van der Waals surface area (Å²) >= 11 is 6.28. The van der Waals surface area contributed by atoms with E-state index in [0.717, 1.165) is 11.1 Å². The molecule has 0 atom stereocenters. The molecule has 6 heteroatoms. The number of halogens is 1. The van der Waals surface area contributed by atoms with Crippen LogP contribution >= 0.6 is 11.6 Å². The molecule has 0 saturated heterocycles. The molecule has 0 N–H and O–H groups in total. The number of Topliss-reactive ketones (excluding diaryl/α,β-unsaturated/α-hetero) is 1. The maximum absolute atomic E-state index is 12.5. The van der Waals surface area contributed by atoms with Gasteiger partial charge in [0.2, 0.25) is 0 Å². The van der Waals surface area contributed by atoms with Gasteiger partial charge in [-0.2, -0.15) is 0 Å². The Balaban J connectivity index is 1.89. The van der Waals surface area contributed by atoms with Gasteiger partial charge in [0.25, 0.3) is 0 Å². The number of ketones is 1. The number of methoxy groups -OCH3 is 2. The Hall–Kier alpha value is -2.79. The second-order valence-electron chi connectivity index (χ2n) is 5.73. The minimum atomic E-state index is -0.524. The van der Waals surface area contributed by atoms with Crippen molar-refractivity contribution in [3.05, 3.63) is 63.7 Å². The Kier molecular flexibility index (Phi) is 5.28. The summed E-state index contributed by atoms with van der Waals surface area (Å²) in [5, 5.41) is 0.281. The van der Waals surface area contributed by atoms with Gasteiger partial charge in [-0.25, -0.2) is 4.79 Å². The summed E-state index contributed by atoms with van der Waals surface area (Å²) in [6, 6.07) is 10.9. The van der Waals surface area contributed by atoms with Crippen LogP contribution in [0.15, 0.2) is 42.0 Å². The third-order valence-electron chi connectivity index (χ3n) is 4.09. The molecule has 0 bridgehead atoms. The lowest BCUT2D eigenvalue weighted by molar-refractivity contribution is -0.142. The Morgan fingerprint density at radius 3 is 2.69 bits per heavy atom. The first-order valence-corrected chi connectivity index (χ1v) is 8.31. The highest BCUT2D eigenvalue weighted by molar-refractivity contribution is 6.32. The molecule has 1 aliphatic carbocycles. The summed E-state index contributed by atoms with van der Waals surface area (Å²) in [6.45, 7) is -0.277. The van der Waals surface area contributed by atoms with Crippen molar-refractivity contribution < 1.29 is 23.8 Å². The number of carbonyl (C=O) groups is 2. The molecular formula is C20H17ClO5. The highest BCUT2D eigenvalue weighted by Crippen LogP contribution is 2.38. The number of benzene rings is 2. The third kappa shape index (κ3) is 3.58. The molecule has 0 radical (unpaired) electrons. The normalized spacial score (nSPS) is 14.3. The monoisotopic (exact) mass is 372 g/mol. The molecule has 0 heterocycles.